The molecule has 7 heteroatoms. The fourth-order valence-electron chi connectivity index (χ4n) is 2.14. The summed E-state index contributed by atoms with van der Waals surface area (Å²) in [6, 6.07) is 9.86. The molecule has 0 aliphatic rings. The Morgan fingerprint density at radius 1 is 1.43 bits per heavy atom. The summed E-state index contributed by atoms with van der Waals surface area (Å²) in [6.07, 6.45) is -0.880. The molecule has 0 bridgehead atoms. The molecule has 1 N–H and O–H groups in total. The minimum Gasteiger partial charge on any atom is -0.388 e. The number of aliphatic hydroxyl groups is 1. The number of hydrogen-bond acceptors (Lipinski definition) is 6. The molecule has 0 amide bonds. The molecule has 0 spiro atoms. The average Bonchev–Trinajstić information content (AvgIpc) is 2.52. The van der Waals surface area contributed by atoms with Crippen molar-refractivity contribution in [3.05, 3.63) is 62.8 Å². The summed E-state index contributed by atoms with van der Waals surface area (Å²) < 4.78 is 0. The number of benzene rings is 1. The number of nitro benzene ring substituents is 1. The van der Waals surface area contributed by atoms with Crippen LogP contribution in [-0.2, 0) is 0 Å². The van der Waals surface area contributed by atoms with Gasteiger partial charge in [0.2, 0.25) is 0 Å². The second kappa shape index (κ2) is 7.22. The van der Waals surface area contributed by atoms with Gasteiger partial charge in [0, 0.05) is 23.6 Å². The van der Waals surface area contributed by atoms with Crippen LogP contribution in [0.3, 0.4) is 0 Å². The van der Waals surface area contributed by atoms with Crippen LogP contribution < -0.4 is 0 Å². The number of nitrogens with zero attached hydrogens (tertiary/aromatic N) is 3. The van der Waals surface area contributed by atoms with Crippen LogP contribution in [0.4, 0.5) is 5.69 Å². The number of nitriles is 1. The number of pyridine rings is 1. The smallest absolute Gasteiger partial charge is 0.269 e. The lowest BCUT2D eigenvalue weighted by atomic mass is 10.1. The third-order valence-electron chi connectivity index (χ3n) is 3.27. The van der Waals surface area contributed by atoms with E-state index in [2.05, 4.69) is 11.1 Å². The van der Waals surface area contributed by atoms with E-state index in [0.29, 0.717) is 16.2 Å². The van der Waals surface area contributed by atoms with Crippen molar-refractivity contribution in [2.24, 2.45) is 0 Å². The summed E-state index contributed by atoms with van der Waals surface area (Å²) >= 11 is 1.26. The monoisotopic (exact) mass is 329 g/mol. The standard InChI is InChI=1S/C16H15N3O3S/c1-10-6-11(2)18-16(14(10)8-17)23-9-15(20)12-4-3-5-13(7-12)19(21)22/h3-7,15,20H,9H2,1-2H3/t15-/m0/s1. The maximum absolute atomic E-state index is 10.8. The SMILES string of the molecule is Cc1cc(C)c(C#N)c(SC[C@H](O)c2cccc([N+](=O)[O-])c2)n1. The molecule has 0 saturated carbocycles. The van der Waals surface area contributed by atoms with Gasteiger partial charge in [0.25, 0.3) is 5.69 Å². The van der Waals surface area contributed by atoms with Crippen molar-refractivity contribution < 1.29 is 10.0 Å². The van der Waals surface area contributed by atoms with Crippen molar-refractivity contribution >= 4 is 17.4 Å². The summed E-state index contributed by atoms with van der Waals surface area (Å²) in [5, 5.41) is 30.8. The minimum absolute atomic E-state index is 0.0613. The van der Waals surface area contributed by atoms with E-state index < -0.39 is 11.0 Å². The van der Waals surface area contributed by atoms with Crippen LogP contribution in [0.5, 0.6) is 0 Å². The minimum atomic E-state index is -0.880. The lowest BCUT2D eigenvalue weighted by molar-refractivity contribution is -0.385. The molecule has 6 nitrogen and oxygen atoms in total. The van der Waals surface area contributed by atoms with E-state index in [1.165, 1.54) is 30.0 Å². The van der Waals surface area contributed by atoms with Gasteiger partial charge < -0.3 is 5.11 Å². The normalized spacial score (nSPS) is 11.7. The fraction of sp³-hybridized carbons (Fsp3) is 0.250. The third kappa shape index (κ3) is 4.06. The van der Waals surface area contributed by atoms with Gasteiger partial charge in [-0.15, -0.1) is 11.8 Å². The second-order valence-electron chi connectivity index (χ2n) is 5.05. The van der Waals surface area contributed by atoms with Gasteiger partial charge in [-0.3, -0.25) is 10.1 Å². The molecular weight excluding hydrogens is 314 g/mol. The predicted octanol–water partition coefficient (Wildman–Crippen LogP) is 3.30. The first kappa shape index (κ1) is 16.9. The Morgan fingerprint density at radius 3 is 2.83 bits per heavy atom. The summed E-state index contributed by atoms with van der Waals surface area (Å²) in [5.74, 6) is 0.256. The van der Waals surface area contributed by atoms with E-state index in [1.807, 2.05) is 19.9 Å². The Hall–Kier alpha value is -2.43. The largest absolute Gasteiger partial charge is 0.388 e. The van der Waals surface area contributed by atoms with E-state index in [4.69, 9.17) is 0 Å². The molecule has 2 aromatic rings. The maximum Gasteiger partial charge on any atom is 0.269 e. The van der Waals surface area contributed by atoms with Crippen molar-refractivity contribution in [1.82, 2.24) is 4.98 Å². The average molecular weight is 329 g/mol. The van der Waals surface area contributed by atoms with Gasteiger partial charge >= 0.3 is 0 Å². The molecular formula is C16H15N3O3S. The number of thioether (sulfide) groups is 1. The highest BCUT2D eigenvalue weighted by Crippen LogP contribution is 2.28. The number of aromatic nitrogens is 1. The van der Waals surface area contributed by atoms with Crippen LogP contribution in [0, 0.1) is 35.3 Å². The molecule has 0 fully saturated rings. The van der Waals surface area contributed by atoms with Crippen LogP contribution in [0.1, 0.15) is 28.5 Å². The zero-order chi connectivity index (χ0) is 17.0. The molecule has 1 aromatic heterocycles. The first-order chi connectivity index (χ1) is 10.9. The number of rotatable bonds is 5. The van der Waals surface area contributed by atoms with Gasteiger partial charge in [-0.1, -0.05) is 12.1 Å². The van der Waals surface area contributed by atoms with Gasteiger partial charge in [0.15, 0.2) is 0 Å². The molecule has 0 saturated heterocycles. The van der Waals surface area contributed by atoms with Crippen molar-refractivity contribution in [3.63, 3.8) is 0 Å². The van der Waals surface area contributed by atoms with Crippen LogP contribution in [0.15, 0.2) is 35.4 Å². The molecule has 1 heterocycles. The molecule has 23 heavy (non-hydrogen) atoms. The maximum atomic E-state index is 10.8. The number of aryl methyl sites for hydroxylation is 2. The predicted molar refractivity (Wildman–Crippen MR) is 87.2 cm³/mol. The molecule has 0 radical (unpaired) electrons. The van der Waals surface area contributed by atoms with E-state index in [1.54, 1.807) is 6.07 Å². The first-order valence-electron chi connectivity index (χ1n) is 6.86. The molecule has 0 unspecified atom stereocenters. The number of aliphatic hydroxyl groups excluding tert-OH is 1. The number of non-ortho nitro benzene ring substituents is 1. The third-order valence-corrected chi connectivity index (χ3v) is 4.32. The summed E-state index contributed by atoms with van der Waals surface area (Å²) in [7, 11) is 0. The van der Waals surface area contributed by atoms with Crippen molar-refractivity contribution in [1.29, 1.82) is 5.26 Å². The van der Waals surface area contributed by atoms with E-state index >= 15 is 0 Å². The first-order valence-corrected chi connectivity index (χ1v) is 7.84. The van der Waals surface area contributed by atoms with Gasteiger partial charge in [-0.05, 0) is 31.0 Å². The Bertz CT molecular complexity index is 787. The number of nitro groups is 1. The van der Waals surface area contributed by atoms with Crippen LogP contribution >= 0.6 is 11.8 Å². The quantitative estimate of drug-likeness (QED) is 0.513. The van der Waals surface area contributed by atoms with Gasteiger partial charge in [0.1, 0.15) is 11.1 Å². The lowest BCUT2D eigenvalue weighted by Crippen LogP contribution is -2.03. The van der Waals surface area contributed by atoms with Gasteiger partial charge in [-0.2, -0.15) is 5.26 Å². The highest BCUT2D eigenvalue weighted by Gasteiger charge is 2.15. The second-order valence-corrected chi connectivity index (χ2v) is 6.06. The summed E-state index contributed by atoms with van der Waals surface area (Å²) in [4.78, 5) is 14.6. The van der Waals surface area contributed by atoms with Crippen LogP contribution in [-0.4, -0.2) is 20.8 Å². The van der Waals surface area contributed by atoms with E-state index in [9.17, 15) is 20.5 Å². The van der Waals surface area contributed by atoms with Crippen LogP contribution in [0.2, 0.25) is 0 Å². The molecule has 0 aliphatic carbocycles. The lowest BCUT2D eigenvalue weighted by Gasteiger charge is -2.12. The Labute approximate surface area is 137 Å². The zero-order valence-corrected chi connectivity index (χ0v) is 13.5. The fourth-order valence-corrected chi connectivity index (χ4v) is 3.21. The summed E-state index contributed by atoms with van der Waals surface area (Å²) in [5.41, 5.74) is 2.54. The van der Waals surface area contributed by atoms with Gasteiger partial charge in [0.05, 0.1) is 16.6 Å². The molecule has 2 rings (SSSR count). The molecule has 118 valence electrons. The van der Waals surface area contributed by atoms with Crippen LogP contribution in [0.25, 0.3) is 0 Å². The zero-order valence-electron chi connectivity index (χ0n) is 12.7. The molecule has 1 atom stereocenters. The van der Waals surface area contributed by atoms with E-state index in [0.717, 1.165) is 11.3 Å². The summed E-state index contributed by atoms with van der Waals surface area (Å²) in [6.45, 7) is 3.68. The number of hydrogen-bond donors (Lipinski definition) is 1. The highest BCUT2D eigenvalue weighted by atomic mass is 32.2. The Morgan fingerprint density at radius 2 is 2.17 bits per heavy atom. The van der Waals surface area contributed by atoms with Crippen molar-refractivity contribution in [3.8, 4) is 6.07 Å². The highest BCUT2D eigenvalue weighted by molar-refractivity contribution is 7.99. The van der Waals surface area contributed by atoms with Crippen molar-refractivity contribution in [2.75, 3.05) is 5.75 Å². The molecule has 1 aromatic carbocycles. The topological polar surface area (TPSA) is 100 Å². The Balaban J connectivity index is 2.17. The van der Waals surface area contributed by atoms with Crippen molar-refractivity contribution in [2.45, 2.75) is 25.0 Å². The molecule has 0 aliphatic heterocycles. The van der Waals surface area contributed by atoms with Gasteiger partial charge in [-0.25, -0.2) is 4.98 Å². The Kier molecular flexibility index (Phi) is 5.32. The van der Waals surface area contributed by atoms with E-state index in [-0.39, 0.29) is 11.4 Å².